The molecule has 0 aliphatic carbocycles. The molecular formula is C12H14N2OS. The Hall–Kier alpha value is -0.970. The second kappa shape index (κ2) is 4.13. The molecule has 0 amide bonds. The second-order valence-electron chi connectivity index (χ2n) is 4.07. The molecule has 1 fully saturated rings. The Balaban J connectivity index is 1.89. The molecule has 1 saturated heterocycles. The first-order chi connectivity index (χ1) is 7.86. The van der Waals surface area contributed by atoms with Crippen LogP contribution in [0.2, 0.25) is 0 Å². The summed E-state index contributed by atoms with van der Waals surface area (Å²) in [5.74, 6) is 0. The van der Waals surface area contributed by atoms with Gasteiger partial charge in [0.1, 0.15) is 5.01 Å². The van der Waals surface area contributed by atoms with Crippen LogP contribution in [0, 0.1) is 0 Å². The lowest BCUT2D eigenvalue weighted by molar-refractivity contribution is 0.117. The Morgan fingerprint density at radius 2 is 2.31 bits per heavy atom. The summed E-state index contributed by atoms with van der Waals surface area (Å²) < 4.78 is 6.62. The summed E-state index contributed by atoms with van der Waals surface area (Å²) in [6, 6.07) is 8.65. The first-order valence-electron chi connectivity index (χ1n) is 5.48. The summed E-state index contributed by atoms with van der Waals surface area (Å²) in [5, 5.41) is 4.64. The Labute approximate surface area is 98.5 Å². The number of hydrogen-bond acceptors (Lipinski definition) is 4. The van der Waals surface area contributed by atoms with Gasteiger partial charge >= 0.3 is 0 Å². The zero-order valence-corrected chi connectivity index (χ0v) is 9.96. The van der Waals surface area contributed by atoms with Gasteiger partial charge in [-0.3, -0.25) is 0 Å². The summed E-state index contributed by atoms with van der Waals surface area (Å²) in [6.45, 7) is 0.928. The number of thiazole rings is 1. The van der Waals surface area contributed by atoms with Crippen LogP contribution < -0.4 is 5.32 Å². The zero-order chi connectivity index (χ0) is 11.0. The van der Waals surface area contributed by atoms with Gasteiger partial charge in [-0.05, 0) is 18.6 Å². The number of aromatic nitrogens is 1. The lowest BCUT2D eigenvalue weighted by atomic mass is 10.2. The molecule has 1 aliphatic heterocycles. The van der Waals surface area contributed by atoms with Crippen molar-refractivity contribution in [2.75, 3.05) is 13.7 Å². The maximum absolute atomic E-state index is 5.35. The van der Waals surface area contributed by atoms with Gasteiger partial charge in [-0.15, -0.1) is 11.3 Å². The highest BCUT2D eigenvalue weighted by Crippen LogP contribution is 2.31. The van der Waals surface area contributed by atoms with E-state index < -0.39 is 0 Å². The van der Waals surface area contributed by atoms with Crippen LogP contribution in [0.3, 0.4) is 0 Å². The summed E-state index contributed by atoms with van der Waals surface area (Å²) in [6.07, 6.45) is 1.35. The van der Waals surface area contributed by atoms with E-state index in [2.05, 4.69) is 28.5 Å². The number of ether oxygens (including phenoxy) is 1. The van der Waals surface area contributed by atoms with Crippen LogP contribution in [0.15, 0.2) is 24.3 Å². The fraction of sp³-hybridized carbons (Fsp3) is 0.417. The van der Waals surface area contributed by atoms with Gasteiger partial charge in [-0.1, -0.05) is 12.1 Å². The van der Waals surface area contributed by atoms with Crippen LogP contribution in [0.4, 0.5) is 0 Å². The predicted molar refractivity (Wildman–Crippen MR) is 65.8 cm³/mol. The van der Waals surface area contributed by atoms with Gasteiger partial charge < -0.3 is 10.1 Å². The van der Waals surface area contributed by atoms with Crippen molar-refractivity contribution in [2.24, 2.45) is 0 Å². The van der Waals surface area contributed by atoms with E-state index >= 15 is 0 Å². The maximum Gasteiger partial charge on any atom is 0.111 e. The van der Waals surface area contributed by atoms with E-state index in [0.717, 1.165) is 18.5 Å². The highest BCUT2D eigenvalue weighted by atomic mass is 32.1. The van der Waals surface area contributed by atoms with Crippen molar-refractivity contribution < 1.29 is 4.74 Å². The molecule has 2 unspecified atom stereocenters. The Morgan fingerprint density at radius 3 is 3.06 bits per heavy atom. The van der Waals surface area contributed by atoms with E-state index in [4.69, 9.17) is 4.74 Å². The molecule has 2 atom stereocenters. The monoisotopic (exact) mass is 234 g/mol. The minimum absolute atomic E-state index is 0.331. The average Bonchev–Trinajstić information content (AvgIpc) is 2.95. The highest BCUT2D eigenvalue weighted by molar-refractivity contribution is 7.18. The van der Waals surface area contributed by atoms with Crippen LogP contribution in [-0.4, -0.2) is 24.7 Å². The number of fused-ring (bicyclic) bond motifs is 1. The van der Waals surface area contributed by atoms with Gasteiger partial charge in [-0.25, -0.2) is 4.98 Å². The molecule has 4 heteroatoms. The van der Waals surface area contributed by atoms with Crippen molar-refractivity contribution in [2.45, 2.75) is 18.6 Å². The number of rotatable bonds is 2. The van der Waals surface area contributed by atoms with E-state index in [1.54, 1.807) is 18.4 Å². The molecule has 1 aromatic carbocycles. The molecule has 16 heavy (non-hydrogen) atoms. The molecular weight excluding hydrogens is 220 g/mol. The third kappa shape index (κ3) is 1.73. The molecule has 1 aliphatic rings. The normalized spacial score (nSPS) is 25.3. The summed E-state index contributed by atoms with van der Waals surface area (Å²) in [7, 11) is 1.77. The molecule has 0 saturated carbocycles. The molecule has 2 aromatic rings. The van der Waals surface area contributed by atoms with Crippen LogP contribution in [0.1, 0.15) is 17.5 Å². The number of para-hydroxylation sites is 1. The average molecular weight is 234 g/mol. The number of hydrogen-bond donors (Lipinski definition) is 1. The van der Waals surface area contributed by atoms with Gasteiger partial charge in [0.25, 0.3) is 0 Å². The zero-order valence-electron chi connectivity index (χ0n) is 9.14. The quantitative estimate of drug-likeness (QED) is 0.866. The first kappa shape index (κ1) is 10.2. The van der Waals surface area contributed by atoms with Crippen LogP contribution in [0.5, 0.6) is 0 Å². The van der Waals surface area contributed by atoms with E-state index in [0.29, 0.717) is 12.1 Å². The third-order valence-electron chi connectivity index (χ3n) is 3.03. The molecule has 0 radical (unpaired) electrons. The molecule has 3 nitrogen and oxygen atoms in total. The molecule has 2 heterocycles. The van der Waals surface area contributed by atoms with Gasteiger partial charge in [0, 0.05) is 13.7 Å². The predicted octanol–water partition coefficient (Wildman–Crippen LogP) is 2.35. The van der Waals surface area contributed by atoms with Crippen molar-refractivity contribution in [3.05, 3.63) is 29.3 Å². The Bertz CT molecular complexity index is 463. The molecule has 84 valence electrons. The number of nitrogens with zero attached hydrogens (tertiary/aromatic N) is 1. The largest absolute Gasteiger partial charge is 0.380 e. The molecule has 1 N–H and O–H groups in total. The van der Waals surface area contributed by atoms with Crippen LogP contribution >= 0.6 is 11.3 Å². The molecule has 0 spiro atoms. The Morgan fingerprint density at radius 1 is 1.44 bits per heavy atom. The second-order valence-corrected chi connectivity index (χ2v) is 5.14. The van der Waals surface area contributed by atoms with Gasteiger partial charge in [0.15, 0.2) is 0 Å². The number of nitrogens with one attached hydrogen (secondary N) is 1. The summed E-state index contributed by atoms with van der Waals surface area (Å²) in [4.78, 5) is 4.66. The molecule has 3 rings (SSSR count). The van der Waals surface area contributed by atoms with E-state index in [1.165, 1.54) is 9.71 Å². The summed E-state index contributed by atoms with van der Waals surface area (Å²) in [5.41, 5.74) is 1.10. The van der Waals surface area contributed by atoms with Gasteiger partial charge in [0.05, 0.1) is 22.4 Å². The Kier molecular flexibility index (Phi) is 2.63. The minimum atomic E-state index is 0.331. The minimum Gasteiger partial charge on any atom is -0.380 e. The van der Waals surface area contributed by atoms with E-state index in [1.807, 2.05) is 6.07 Å². The highest BCUT2D eigenvalue weighted by Gasteiger charge is 2.27. The maximum atomic E-state index is 5.35. The van der Waals surface area contributed by atoms with E-state index in [9.17, 15) is 0 Å². The van der Waals surface area contributed by atoms with Crippen molar-refractivity contribution in [1.29, 1.82) is 0 Å². The number of methoxy groups -OCH3 is 1. The van der Waals surface area contributed by atoms with Crippen molar-refractivity contribution in [3.63, 3.8) is 0 Å². The molecule has 1 aromatic heterocycles. The molecule has 0 bridgehead atoms. The lowest BCUT2D eigenvalue weighted by Crippen LogP contribution is -2.15. The number of benzene rings is 1. The standard InChI is InChI=1S/C12H14N2OS/c1-15-8-6-10(13-7-8)12-14-9-4-2-3-5-11(9)16-12/h2-5,8,10,13H,6-7H2,1H3. The fourth-order valence-electron chi connectivity index (χ4n) is 2.11. The van der Waals surface area contributed by atoms with Gasteiger partial charge in [0.2, 0.25) is 0 Å². The van der Waals surface area contributed by atoms with Gasteiger partial charge in [-0.2, -0.15) is 0 Å². The van der Waals surface area contributed by atoms with Crippen molar-refractivity contribution in [1.82, 2.24) is 10.3 Å². The van der Waals surface area contributed by atoms with E-state index in [-0.39, 0.29) is 0 Å². The van der Waals surface area contributed by atoms with Crippen molar-refractivity contribution in [3.8, 4) is 0 Å². The van der Waals surface area contributed by atoms with Crippen LogP contribution in [0.25, 0.3) is 10.2 Å². The SMILES string of the molecule is COC1CNC(c2nc3ccccc3s2)C1. The smallest absolute Gasteiger partial charge is 0.111 e. The van der Waals surface area contributed by atoms with Crippen LogP contribution in [-0.2, 0) is 4.74 Å². The third-order valence-corrected chi connectivity index (χ3v) is 4.18. The summed E-state index contributed by atoms with van der Waals surface area (Å²) >= 11 is 1.78. The van der Waals surface area contributed by atoms with Crippen molar-refractivity contribution >= 4 is 21.6 Å². The first-order valence-corrected chi connectivity index (χ1v) is 6.30. The fourth-order valence-corrected chi connectivity index (χ4v) is 3.17. The topological polar surface area (TPSA) is 34.1 Å². The lowest BCUT2D eigenvalue weighted by Gasteiger charge is -2.05.